The lowest BCUT2D eigenvalue weighted by atomic mass is 10.1. The molecular formula is C25H35ClN4O2. The average molecular weight is 459 g/mol. The number of hydrogen-bond donors (Lipinski definition) is 3. The van der Waals surface area contributed by atoms with Crippen molar-refractivity contribution in [1.82, 2.24) is 20.9 Å². The number of fused-ring (bicyclic) bond motifs is 1. The van der Waals surface area contributed by atoms with E-state index in [0.29, 0.717) is 24.4 Å². The maximum Gasteiger partial charge on any atom is 0.226 e. The van der Waals surface area contributed by atoms with Crippen LogP contribution in [0.1, 0.15) is 31.2 Å². The molecule has 1 amide bonds. The van der Waals surface area contributed by atoms with Gasteiger partial charge in [0.05, 0.1) is 0 Å². The third-order valence-corrected chi connectivity index (χ3v) is 5.85. The second-order valence-electron chi connectivity index (χ2n) is 7.94. The molecule has 7 heteroatoms. The molecule has 1 saturated carbocycles. The van der Waals surface area contributed by atoms with Gasteiger partial charge in [-0.1, -0.05) is 41.5 Å². The van der Waals surface area contributed by atoms with Crippen LogP contribution in [0.25, 0.3) is 0 Å². The minimum Gasteiger partial charge on any atom is -0.388 e. The van der Waals surface area contributed by atoms with Crippen LogP contribution in [0.15, 0.2) is 59.8 Å². The second-order valence-corrected chi connectivity index (χ2v) is 8.38. The molecule has 1 aromatic rings. The quantitative estimate of drug-likeness (QED) is 0.631. The van der Waals surface area contributed by atoms with Crippen molar-refractivity contribution in [3.8, 4) is 0 Å². The molecule has 32 heavy (non-hydrogen) atoms. The first-order valence-corrected chi connectivity index (χ1v) is 11.4. The van der Waals surface area contributed by atoms with Gasteiger partial charge in [-0.05, 0) is 62.7 Å². The standard InChI is InChI=1S/C16H23N3O.C8H10ClN.CH2O/c1-17-13-5-2-4-12(6-7-13)10-16(20)19-9-3-8-18-14-11-15(14)19;1-10-6-7-2-4-8(9)5-3-7;1-2/h2,5-7,14-15,17-18H,3-4,8-11H2,1H3;2-5,10H,6H2,1H3;1H2. The number of amides is 1. The van der Waals surface area contributed by atoms with Gasteiger partial charge in [-0.25, -0.2) is 0 Å². The summed E-state index contributed by atoms with van der Waals surface area (Å²) < 4.78 is 0. The highest BCUT2D eigenvalue weighted by Crippen LogP contribution is 2.31. The Balaban J connectivity index is 0.000000255. The molecule has 6 nitrogen and oxygen atoms in total. The SMILES string of the molecule is C=O.CNC1=CC=C(CC(=O)N2CCCNC3CC32)CC=C1.CNCc1ccc(Cl)cc1. The summed E-state index contributed by atoms with van der Waals surface area (Å²) >= 11 is 5.69. The molecule has 1 aliphatic heterocycles. The number of carbonyl (C=O) groups excluding carboxylic acids is 2. The zero-order valence-corrected chi connectivity index (χ0v) is 19.8. The Labute approximate surface area is 196 Å². The van der Waals surface area contributed by atoms with E-state index >= 15 is 0 Å². The van der Waals surface area contributed by atoms with E-state index in [2.05, 4.69) is 45.2 Å². The maximum atomic E-state index is 12.5. The molecule has 2 unspecified atom stereocenters. The Morgan fingerprint density at radius 2 is 1.97 bits per heavy atom. The van der Waals surface area contributed by atoms with Crippen molar-refractivity contribution < 1.29 is 9.59 Å². The first-order valence-electron chi connectivity index (χ1n) is 11.1. The van der Waals surface area contributed by atoms with E-state index in [1.165, 1.54) is 11.1 Å². The van der Waals surface area contributed by atoms with Crippen molar-refractivity contribution in [1.29, 1.82) is 0 Å². The number of carbonyl (C=O) groups is 2. The number of nitrogens with one attached hydrogen (secondary N) is 3. The predicted molar refractivity (Wildman–Crippen MR) is 131 cm³/mol. The Hall–Kier alpha value is -2.41. The lowest BCUT2D eigenvalue weighted by Crippen LogP contribution is -2.35. The van der Waals surface area contributed by atoms with E-state index in [4.69, 9.17) is 16.4 Å². The first kappa shape index (κ1) is 25.8. The third-order valence-electron chi connectivity index (χ3n) is 5.60. The first-order chi connectivity index (χ1) is 15.6. The number of nitrogens with zero attached hydrogens (tertiary/aromatic N) is 1. The average Bonchev–Trinajstić information content (AvgIpc) is 3.61. The molecule has 2 atom stereocenters. The summed E-state index contributed by atoms with van der Waals surface area (Å²) in [7, 11) is 3.84. The van der Waals surface area contributed by atoms with Gasteiger partial charge in [0, 0.05) is 49.4 Å². The summed E-state index contributed by atoms with van der Waals surface area (Å²) in [5.74, 6) is 0.294. The van der Waals surface area contributed by atoms with Crippen molar-refractivity contribution >= 4 is 24.3 Å². The van der Waals surface area contributed by atoms with Crippen LogP contribution >= 0.6 is 11.6 Å². The molecule has 3 aliphatic rings. The van der Waals surface area contributed by atoms with Gasteiger partial charge < -0.3 is 25.6 Å². The monoisotopic (exact) mass is 458 g/mol. The van der Waals surface area contributed by atoms with E-state index < -0.39 is 0 Å². The fourth-order valence-electron chi connectivity index (χ4n) is 3.83. The van der Waals surface area contributed by atoms with E-state index in [9.17, 15) is 4.79 Å². The molecule has 0 radical (unpaired) electrons. The summed E-state index contributed by atoms with van der Waals surface area (Å²) in [6, 6.07) is 8.83. The van der Waals surface area contributed by atoms with Crippen molar-refractivity contribution in [2.45, 2.75) is 44.3 Å². The fourth-order valence-corrected chi connectivity index (χ4v) is 3.95. The van der Waals surface area contributed by atoms with E-state index in [1.54, 1.807) is 0 Å². The molecule has 174 valence electrons. The Morgan fingerprint density at radius 1 is 1.22 bits per heavy atom. The molecular weight excluding hydrogens is 424 g/mol. The Kier molecular flexibility index (Phi) is 11.2. The van der Waals surface area contributed by atoms with Crippen LogP contribution in [0, 0.1) is 0 Å². The summed E-state index contributed by atoms with van der Waals surface area (Å²) in [6.45, 7) is 4.86. The number of rotatable bonds is 5. The van der Waals surface area contributed by atoms with Crippen molar-refractivity contribution in [3.63, 3.8) is 0 Å². The number of benzene rings is 1. The number of hydrogen-bond acceptors (Lipinski definition) is 5. The van der Waals surface area contributed by atoms with Crippen LogP contribution in [0.3, 0.4) is 0 Å². The lowest BCUT2D eigenvalue weighted by Gasteiger charge is -2.21. The number of likely N-dealkylation sites (N-methyl/N-ethyl adjacent to an activating group) is 1. The van der Waals surface area contributed by atoms with Crippen LogP contribution in [0.4, 0.5) is 0 Å². The van der Waals surface area contributed by atoms with Gasteiger partial charge in [0.15, 0.2) is 0 Å². The van der Waals surface area contributed by atoms with E-state index in [1.807, 2.05) is 45.1 Å². The van der Waals surface area contributed by atoms with Gasteiger partial charge in [0.1, 0.15) is 6.79 Å². The zero-order chi connectivity index (χ0) is 23.3. The molecule has 3 N–H and O–H groups in total. The van der Waals surface area contributed by atoms with Crippen LogP contribution in [-0.2, 0) is 16.1 Å². The topological polar surface area (TPSA) is 73.5 Å². The minimum atomic E-state index is 0.294. The van der Waals surface area contributed by atoms with E-state index in [-0.39, 0.29) is 0 Å². The highest BCUT2D eigenvalue weighted by molar-refractivity contribution is 6.30. The smallest absolute Gasteiger partial charge is 0.226 e. The van der Waals surface area contributed by atoms with Crippen LogP contribution in [0.5, 0.6) is 0 Å². The van der Waals surface area contributed by atoms with Gasteiger partial charge >= 0.3 is 0 Å². The molecule has 0 aromatic heterocycles. The molecule has 2 fully saturated rings. The number of allylic oxidation sites excluding steroid dienone is 4. The summed E-state index contributed by atoms with van der Waals surface area (Å²) in [4.78, 5) is 22.6. The lowest BCUT2D eigenvalue weighted by molar-refractivity contribution is -0.131. The van der Waals surface area contributed by atoms with Crippen LogP contribution in [0.2, 0.25) is 5.02 Å². The molecule has 2 aliphatic carbocycles. The third kappa shape index (κ3) is 8.26. The van der Waals surface area contributed by atoms with Gasteiger partial charge in [-0.15, -0.1) is 0 Å². The van der Waals surface area contributed by atoms with Crippen molar-refractivity contribution in [3.05, 3.63) is 70.4 Å². The van der Waals surface area contributed by atoms with Crippen LogP contribution < -0.4 is 16.0 Å². The Bertz CT molecular complexity index is 820. The van der Waals surface area contributed by atoms with Gasteiger partial charge in [0.25, 0.3) is 0 Å². The molecule has 1 saturated heterocycles. The molecule has 4 rings (SSSR count). The normalized spacial score (nSPS) is 21.2. The second kappa shape index (κ2) is 13.9. The maximum absolute atomic E-state index is 12.5. The molecule has 1 aromatic carbocycles. The predicted octanol–water partition coefficient (Wildman–Crippen LogP) is 3.20. The van der Waals surface area contributed by atoms with Crippen molar-refractivity contribution in [2.24, 2.45) is 0 Å². The zero-order valence-electron chi connectivity index (χ0n) is 19.1. The fraction of sp³-hybridized carbons (Fsp3) is 0.440. The largest absolute Gasteiger partial charge is 0.388 e. The summed E-state index contributed by atoms with van der Waals surface area (Å²) in [5, 5.41) is 10.5. The minimum absolute atomic E-state index is 0.294. The van der Waals surface area contributed by atoms with Gasteiger partial charge in [0.2, 0.25) is 5.91 Å². The summed E-state index contributed by atoms with van der Waals surface area (Å²) in [5.41, 5.74) is 3.55. The van der Waals surface area contributed by atoms with E-state index in [0.717, 1.165) is 49.6 Å². The van der Waals surface area contributed by atoms with Crippen LogP contribution in [-0.4, -0.2) is 56.9 Å². The molecule has 0 bridgehead atoms. The highest BCUT2D eigenvalue weighted by Gasteiger charge is 2.44. The number of halogens is 1. The molecule has 0 spiro atoms. The Morgan fingerprint density at radius 3 is 2.66 bits per heavy atom. The molecule has 1 heterocycles. The van der Waals surface area contributed by atoms with Crippen molar-refractivity contribution in [2.75, 3.05) is 27.2 Å². The highest BCUT2D eigenvalue weighted by atomic mass is 35.5. The van der Waals surface area contributed by atoms with Gasteiger partial charge in [-0.3, -0.25) is 4.79 Å². The van der Waals surface area contributed by atoms with Gasteiger partial charge in [-0.2, -0.15) is 0 Å². The summed E-state index contributed by atoms with van der Waals surface area (Å²) in [6.07, 6.45) is 12.0.